The van der Waals surface area contributed by atoms with Crippen LogP contribution in [-0.2, 0) is 16.2 Å². The van der Waals surface area contributed by atoms with E-state index in [2.05, 4.69) is 5.48 Å². The Kier molecular flexibility index (Phi) is 5.25. The highest BCUT2D eigenvalue weighted by molar-refractivity contribution is 5.74. The van der Waals surface area contributed by atoms with Crippen molar-refractivity contribution < 1.29 is 19.5 Å². The van der Waals surface area contributed by atoms with Gasteiger partial charge in [0.05, 0.1) is 6.61 Å². The normalized spacial score (nSPS) is 10.2. The Labute approximate surface area is 99.3 Å². The van der Waals surface area contributed by atoms with Crippen LogP contribution in [0.4, 0.5) is 0 Å². The van der Waals surface area contributed by atoms with Crippen LogP contribution < -0.4 is 16.0 Å². The fourth-order valence-corrected chi connectivity index (χ4v) is 1.20. The molecule has 6 heteroatoms. The first-order valence-corrected chi connectivity index (χ1v) is 5.21. The third-order valence-electron chi connectivity index (χ3n) is 1.92. The molecule has 94 valence electrons. The van der Waals surface area contributed by atoms with E-state index >= 15 is 0 Å². The molecule has 1 aromatic carbocycles. The van der Waals surface area contributed by atoms with E-state index in [0.29, 0.717) is 18.9 Å². The van der Waals surface area contributed by atoms with Crippen molar-refractivity contribution in [2.24, 2.45) is 5.73 Å². The highest BCUT2D eigenvalue weighted by Crippen LogP contribution is 2.26. The second kappa shape index (κ2) is 6.72. The standard InChI is InChI=1S/C11H16N2O4/c1-2-16-10-5-8(3-4-9(10)14)6-13-17-7-11(12)15/h3-5,13-14H,2,6-7H2,1H3,(H2,12,15). The second-order valence-corrected chi connectivity index (χ2v) is 3.31. The van der Waals surface area contributed by atoms with Gasteiger partial charge in [0.15, 0.2) is 11.5 Å². The van der Waals surface area contributed by atoms with Crippen LogP contribution in [0.15, 0.2) is 18.2 Å². The molecule has 6 nitrogen and oxygen atoms in total. The van der Waals surface area contributed by atoms with Crippen molar-refractivity contribution in [1.29, 1.82) is 0 Å². The molecule has 1 aromatic rings. The first kappa shape index (κ1) is 13.3. The van der Waals surface area contributed by atoms with Crippen molar-refractivity contribution in [3.05, 3.63) is 23.8 Å². The second-order valence-electron chi connectivity index (χ2n) is 3.31. The van der Waals surface area contributed by atoms with Crippen LogP contribution in [0.2, 0.25) is 0 Å². The maximum Gasteiger partial charge on any atom is 0.245 e. The summed E-state index contributed by atoms with van der Waals surface area (Å²) in [7, 11) is 0. The smallest absolute Gasteiger partial charge is 0.245 e. The van der Waals surface area contributed by atoms with Crippen molar-refractivity contribution in [2.75, 3.05) is 13.2 Å². The number of phenolic OH excluding ortho intramolecular Hbond substituents is 1. The molecule has 0 saturated heterocycles. The van der Waals surface area contributed by atoms with Gasteiger partial charge in [-0.2, -0.15) is 5.48 Å². The van der Waals surface area contributed by atoms with Gasteiger partial charge in [-0.1, -0.05) is 6.07 Å². The number of hydrogen-bond acceptors (Lipinski definition) is 5. The minimum atomic E-state index is -0.543. The molecule has 17 heavy (non-hydrogen) atoms. The molecule has 4 N–H and O–H groups in total. The predicted molar refractivity (Wildman–Crippen MR) is 61.3 cm³/mol. The molecule has 0 aliphatic heterocycles. The maximum atomic E-state index is 10.4. The number of amides is 1. The summed E-state index contributed by atoms with van der Waals surface area (Å²) >= 11 is 0. The first-order chi connectivity index (χ1) is 8.13. The van der Waals surface area contributed by atoms with Crippen molar-refractivity contribution in [3.8, 4) is 11.5 Å². The van der Waals surface area contributed by atoms with Crippen LogP contribution in [0, 0.1) is 0 Å². The zero-order chi connectivity index (χ0) is 12.7. The van der Waals surface area contributed by atoms with Crippen molar-refractivity contribution >= 4 is 5.91 Å². The number of rotatable bonds is 7. The number of phenols is 1. The van der Waals surface area contributed by atoms with E-state index in [-0.39, 0.29) is 12.4 Å². The number of nitrogens with one attached hydrogen (secondary N) is 1. The molecule has 1 rings (SSSR count). The quantitative estimate of drug-likeness (QED) is 0.470. The zero-order valence-corrected chi connectivity index (χ0v) is 9.60. The lowest BCUT2D eigenvalue weighted by Crippen LogP contribution is -2.24. The van der Waals surface area contributed by atoms with E-state index in [1.165, 1.54) is 6.07 Å². The molecule has 0 unspecified atom stereocenters. The van der Waals surface area contributed by atoms with Gasteiger partial charge in [-0.25, -0.2) is 0 Å². The van der Waals surface area contributed by atoms with Gasteiger partial charge in [0.1, 0.15) is 6.61 Å². The highest BCUT2D eigenvalue weighted by atomic mass is 16.6. The van der Waals surface area contributed by atoms with E-state index in [0.717, 1.165) is 5.56 Å². The summed E-state index contributed by atoms with van der Waals surface area (Å²) in [5.74, 6) is -0.0337. The Hall–Kier alpha value is -1.79. The summed E-state index contributed by atoms with van der Waals surface area (Å²) in [6.45, 7) is 2.51. The van der Waals surface area contributed by atoms with Crippen molar-refractivity contribution in [3.63, 3.8) is 0 Å². The Balaban J connectivity index is 2.48. The van der Waals surface area contributed by atoms with Crippen molar-refractivity contribution in [2.45, 2.75) is 13.5 Å². The molecule has 0 aliphatic carbocycles. The molecule has 0 saturated carbocycles. The average Bonchev–Trinajstić information content (AvgIpc) is 2.28. The lowest BCUT2D eigenvalue weighted by Gasteiger charge is -2.09. The maximum absolute atomic E-state index is 10.4. The molecule has 0 fully saturated rings. The van der Waals surface area contributed by atoms with Crippen LogP contribution in [-0.4, -0.2) is 24.2 Å². The Morgan fingerprint density at radius 1 is 1.53 bits per heavy atom. The number of primary amides is 1. The lowest BCUT2D eigenvalue weighted by molar-refractivity contribution is -0.125. The van der Waals surface area contributed by atoms with Gasteiger partial charge in [-0.15, -0.1) is 0 Å². The van der Waals surface area contributed by atoms with Gasteiger partial charge in [-0.3, -0.25) is 9.63 Å². The zero-order valence-electron chi connectivity index (χ0n) is 9.60. The van der Waals surface area contributed by atoms with E-state index in [1.54, 1.807) is 12.1 Å². The van der Waals surface area contributed by atoms with Gasteiger partial charge in [0.25, 0.3) is 0 Å². The minimum absolute atomic E-state index is 0.0913. The number of carbonyl (C=O) groups is 1. The number of hydroxylamine groups is 1. The molecule has 0 aromatic heterocycles. The number of ether oxygens (including phenoxy) is 1. The summed E-state index contributed by atoms with van der Waals surface area (Å²) < 4.78 is 5.23. The topological polar surface area (TPSA) is 93.8 Å². The van der Waals surface area contributed by atoms with E-state index in [1.807, 2.05) is 6.92 Å². The Morgan fingerprint density at radius 2 is 2.29 bits per heavy atom. The molecule has 0 heterocycles. The third-order valence-corrected chi connectivity index (χ3v) is 1.92. The molecular weight excluding hydrogens is 224 g/mol. The lowest BCUT2D eigenvalue weighted by atomic mass is 10.2. The van der Waals surface area contributed by atoms with Gasteiger partial charge < -0.3 is 15.6 Å². The van der Waals surface area contributed by atoms with E-state index in [4.69, 9.17) is 15.3 Å². The molecule has 0 atom stereocenters. The van der Waals surface area contributed by atoms with Crippen LogP contribution >= 0.6 is 0 Å². The predicted octanol–water partition coefficient (Wildman–Crippen LogP) is 0.297. The number of carbonyl (C=O) groups excluding carboxylic acids is 1. The van der Waals surface area contributed by atoms with Gasteiger partial charge >= 0.3 is 0 Å². The number of benzene rings is 1. The SMILES string of the molecule is CCOc1cc(CNOCC(N)=O)ccc1O. The molecular formula is C11H16N2O4. The highest BCUT2D eigenvalue weighted by Gasteiger charge is 2.03. The van der Waals surface area contributed by atoms with Crippen LogP contribution in [0.3, 0.4) is 0 Å². The minimum Gasteiger partial charge on any atom is -0.504 e. The molecule has 1 amide bonds. The fourth-order valence-electron chi connectivity index (χ4n) is 1.20. The summed E-state index contributed by atoms with van der Waals surface area (Å²) in [4.78, 5) is 15.2. The number of aromatic hydroxyl groups is 1. The summed E-state index contributed by atoms with van der Waals surface area (Å²) in [6, 6.07) is 4.95. The average molecular weight is 240 g/mol. The van der Waals surface area contributed by atoms with Gasteiger partial charge in [-0.05, 0) is 24.6 Å². The van der Waals surface area contributed by atoms with Gasteiger partial charge in [0, 0.05) is 6.54 Å². The van der Waals surface area contributed by atoms with E-state index < -0.39 is 5.91 Å². The van der Waals surface area contributed by atoms with Gasteiger partial charge in [0.2, 0.25) is 5.91 Å². The molecule has 0 spiro atoms. The fraction of sp³-hybridized carbons (Fsp3) is 0.364. The monoisotopic (exact) mass is 240 g/mol. The number of nitrogens with two attached hydrogens (primary N) is 1. The number of hydrogen-bond donors (Lipinski definition) is 3. The van der Waals surface area contributed by atoms with Crippen LogP contribution in [0.5, 0.6) is 11.5 Å². The van der Waals surface area contributed by atoms with Crippen molar-refractivity contribution in [1.82, 2.24) is 5.48 Å². The molecule has 0 bridgehead atoms. The molecule has 0 radical (unpaired) electrons. The summed E-state index contributed by atoms with van der Waals surface area (Å²) in [5, 5.41) is 9.47. The molecule has 0 aliphatic rings. The first-order valence-electron chi connectivity index (χ1n) is 5.21. The summed E-state index contributed by atoms with van der Waals surface area (Å²) in [6.07, 6.45) is 0. The Bertz CT molecular complexity index is 382. The van der Waals surface area contributed by atoms with E-state index in [9.17, 15) is 9.90 Å². The van der Waals surface area contributed by atoms with Crippen LogP contribution in [0.25, 0.3) is 0 Å². The summed E-state index contributed by atoms with van der Waals surface area (Å²) in [5.41, 5.74) is 8.34. The Morgan fingerprint density at radius 3 is 2.94 bits per heavy atom. The third kappa shape index (κ3) is 4.71. The van der Waals surface area contributed by atoms with Crippen LogP contribution in [0.1, 0.15) is 12.5 Å². The largest absolute Gasteiger partial charge is 0.504 e.